The number of carbonyl (C=O) groups is 1. The van der Waals surface area contributed by atoms with Crippen molar-refractivity contribution in [3.8, 4) is 5.69 Å². The Bertz CT molecular complexity index is 1030. The molecule has 1 unspecified atom stereocenters. The van der Waals surface area contributed by atoms with Gasteiger partial charge in [0.1, 0.15) is 5.82 Å². The molecule has 1 amide bonds. The molecule has 0 radical (unpaired) electrons. The van der Waals surface area contributed by atoms with Gasteiger partial charge >= 0.3 is 0 Å². The van der Waals surface area contributed by atoms with Gasteiger partial charge in [0.2, 0.25) is 0 Å². The SMILES string of the molecule is CCn1c(C2CCCN(C(=O)c3cnn(-c4ccccc4)c3C)C2)n[nH]c1=S. The number of hydrogen-bond acceptors (Lipinski definition) is 4. The van der Waals surface area contributed by atoms with E-state index in [-0.39, 0.29) is 11.8 Å². The summed E-state index contributed by atoms with van der Waals surface area (Å²) < 4.78 is 4.48. The molecule has 28 heavy (non-hydrogen) atoms. The number of hydrogen-bond donors (Lipinski definition) is 1. The molecule has 1 atom stereocenters. The molecule has 3 aromatic rings. The first-order chi connectivity index (χ1) is 13.6. The van der Waals surface area contributed by atoms with Crippen LogP contribution >= 0.6 is 12.2 Å². The molecule has 146 valence electrons. The average molecular weight is 397 g/mol. The average Bonchev–Trinajstić information content (AvgIpc) is 3.30. The third-order valence-corrected chi connectivity index (χ3v) is 5.73. The summed E-state index contributed by atoms with van der Waals surface area (Å²) in [6, 6.07) is 9.87. The third-order valence-electron chi connectivity index (χ3n) is 5.42. The van der Waals surface area contributed by atoms with Crippen molar-refractivity contribution in [2.45, 2.75) is 39.2 Å². The summed E-state index contributed by atoms with van der Waals surface area (Å²) >= 11 is 5.32. The van der Waals surface area contributed by atoms with Gasteiger partial charge in [-0.15, -0.1) is 0 Å². The molecule has 1 N–H and O–H groups in total. The van der Waals surface area contributed by atoms with Gasteiger partial charge in [-0.3, -0.25) is 9.89 Å². The number of rotatable bonds is 4. The highest BCUT2D eigenvalue weighted by Gasteiger charge is 2.30. The minimum Gasteiger partial charge on any atom is -0.338 e. The zero-order valence-corrected chi connectivity index (χ0v) is 16.9. The van der Waals surface area contributed by atoms with Crippen LogP contribution in [0.2, 0.25) is 0 Å². The van der Waals surface area contributed by atoms with Gasteiger partial charge < -0.3 is 9.47 Å². The maximum absolute atomic E-state index is 13.2. The van der Waals surface area contributed by atoms with E-state index < -0.39 is 0 Å². The Labute approximate surface area is 169 Å². The fourth-order valence-electron chi connectivity index (χ4n) is 3.94. The van der Waals surface area contributed by atoms with Crippen molar-refractivity contribution in [1.82, 2.24) is 29.4 Å². The summed E-state index contributed by atoms with van der Waals surface area (Å²) in [5.74, 6) is 1.17. The predicted octanol–water partition coefficient (Wildman–Crippen LogP) is 3.47. The molecule has 1 aliphatic heterocycles. The highest BCUT2D eigenvalue weighted by Crippen LogP contribution is 2.27. The fourth-order valence-corrected chi connectivity index (χ4v) is 4.21. The minimum absolute atomic E-state index is 0.0292. The van der Waals surface area contributed by atoms with Crippen LogP contribution in [0.1, 0.15) is 47.6 Å². The maximum atomic E-state index is 13.2. The Kier molecular flexibility index (Phi) is 5.13. The molecule has 2 aromatic heterocycles. The molecular weight excluding hydrogens is 372 g/mol. The molecule has 0 bridgehead atoms. The molecule has 4 rings (SSSR count). The van der Waals surface area contributed by atoms with E-state index in [2.05, 4.69) is 22.2 Å². The molecule has 1 aliphatic rings. The second-order valence-electron chi connectivity index (χ2n) is 7.11. The number of H-pyrrole nitrogens is 1. The Morgan fingerprint density at radius 2 is 2.11 bits per heavy atom. The molecule has 1 saturated heterocycles. The number of nitrogens with one attached hydrogen (secondary N) is 1. The zero-order chi connectivity index (χ0) is 19.7. The number of likely N-dealkylation sites (tertiary alicyclic amines) is 1. The number of piperidine rings is 1. The number of nitrogens with zero attached hydrogens (tertiary/aromatic N) is 5. The second kappa shape index (κ2) is 7.71. The van der Waals surface area contributed by atoms with E-state index in [0.29, 0.717) is 16.9 Å². The van der Waals surface area contributed by atoms with Gasteiger partial charge in [-0.25, -0.2) is 4.68 Å². The number of para-hydroxylation sites is 1. The van der Waals surface area contributed by atoms with E-state index in [1.807, 2.05) is 51.4 Å². The largest absolute Gasteiger partial charge is 0.338 e. The fraction of sp³-hybridized carbons (Fsp3) is 0.400. The number of aromatic amines is 1. The Morgan fingerprint density at radius 3 is 2.86 bits per heavy atom. The van der Waals surface area contributed by atoms with Gasteiger partial charge in [0, 0.05) is 25.6 Å². The van der Waals surface area contributed by atoms with Crippen molar-refractivity contribution in [2.24, 2.45) is 0 Å². The van der Waals surface area contributed by atoms with Crippen molar-refractivity contribution in [3.05, 3.63) is 58.4 Å². The van der Waals surface area contributed by atoms with Gasteiger partial charge in [0.25, 0.3) is 5.91 Å². The van der Waals surface area contributed by atoms with Crippen molar-refractivity contribution in [1.29, 1.82) is 0 Å². The number of amides is 1. The van der Waals surface area contributed by atoms with Crippen LogP contribution in [0.5, 0.6) is 0 Å². The van der Waals surface area contributed by atoms with Crippen molar-refractivity contribution < 1.29 is 4.79 Å². The summed E-state index contributed by atoms with van der Waals surface area (Å²) in [4.78, 5) is 15.1. The van der Waals surface area contributed by atoms with Crippen LogP contribution < -0.4 is 0 Å². The minimum atomic E-state index is 0.0292. The Morgan fingerprint density at radius 1 is 1.32 bits per heavy atom. The smallest absolute Gasteiger partial charge is 0.257 e. The van der Waals surface area contributed by atoms with E-state index in [9.17, 15) is 4.79 Å². The van der Waals surface area contributed by atoms with Gasteiger partial charge in [0.15, 0.2) is 4.77 Å². The first-order valence-corrected chi connectivity index (χ1v) is 10.1. The van der Waals surface area contributed by atoms with Crippen LogP contribution in [-0.4, -0.2) is 48.4 Å². The van der Waals surface area contributed by atoms with E-state index >= 15 is 0 Å². The summed E-state index contributed by atoms with van der Waals surface area (Å²) in [6.45, 7) is 6.17. The van der Waals surface area contributed by atoms with Crippen LogP contribution in [0.4, 0.5) is 0 Å². The monoisotopic (exact) mass is 396 g/mol. The molecule has 8 heteroatoms. The Balaban J connectivity index is 1.57. The summed E-state index contributed by atoms with van der Waals surface area (Å²) in [5.41, 5.74) is 2.46. The van der Waals surface area contributed by atoms with Crippen molar-refractivity contribution >= 4 is 18.1 Å². The van der Waals surface area contributed by atoms with Crippen LogP contribution in [0.3, 0.4) is 0 Å². The van der Waals surface area contributed by atoms with Crippen LogP contribution in [0.15, 0.2) is 36.5 Å². The summed E-state index contributed by atoms with van der Waals surface area (Å²) in [5, 5.41) is 11.8. The van der Waals surface area contributed by atoms with Crippen molar-refractivity contribution in [3.63, 3.8) is 0 Å². The second-order valence-corrected chi connectivity index (χ2v) is 7.50. The van der Waals surface area contributed by atoms with E-state index in [1.165, 1.54) is 0 Å². The zero-order valence-electron chi connectivity index (χ0n) is 16.1. The van der Waals surface area contributed by atoms with Crippen LogP contribution in [-0.2, 0) is 6.54 Å². The van der Waals surface area contributed by atoms with Gasteiger partial charge in [-0.1, -0.05) is 18.2 Å². The lowest BCUT2D eigenvalue weighted by atomic mass is 9.96. The van der Waals surface area contributed by atoms with E-state index in [0.717, 1.165) is 43.1 Å². The maximum Gasteiger partial charge on any atom is 0.257 e. The van der Waals surface area contributed by atoms with Crippen molar-refractivity contribution in [2.75, 3.05) is 13.1 Å². The lowest BCUT2D eigenvalue weighted by Crippen LogP contribution is -2.40. The van der Waals surface area contributed by atoms with Gasteiger partial charge in [-0.2, -0.15) is 10.2 Å². The molecule has 0 saturated carbocycles. The topological polar surface area (TPSA) is 71.7 Å². The highest BCUT2D eigenvalue weighted by atomic mass is 32.1. The van der Waals surface area contributed by atoms with Crippen LogP contribution in [0.25, 0.3) is 5.69 Å². The number of benzene rings is 1. The normalized spacial score (nSPS) is 17.1. The third kappa shape index (κ3) is 3.28. The Hall–Kier alpha value is -2.74. The standard InChI is InChI=1S/C20H24N6OS/c1-3-25-18(22-23-20(25)28)15-8-7-11-24(13-15)19(27)17-12-21-26(14(17)2)16-9-5-4-6-10-16/h4-6,9-10,12,15H,3,7-8,11,13H2,1-2H3,(H,23,28). The van der Waals surface area contributed by atoms with Gasteiger partial charge in [0.05, 0.1) is 23.1 Å². The van der Waals surface area contributed by atoms with E-state index in [1.54, 1.807) is 6.20 Å². The summed E-state index contributed by atoms with van der Waals surface area (Å²) in [6.07, 6.45) is 3.63. The molecular formula is C20H24N6OS. The lowest BCUT2D eigenvalue weighted by Gasteiger charge is -2.32. The molecule has 0 aliphatic carbocycles. The predicted molar refractivity (Wildman–Crippen MR) is 109 cm³/mol. The molecule has 3 heterocycles. The molecule has 1 fully saturated rings. The van der Waals surface area contributed by atoms with Gasteiger partial charge in [-0.05, 0) is 51.0 Å². The molecule has 7 nitrogen and oxygen atoms in total. The number of aromatic nitrogens is 5. The summed E-state index contributed by atoms with van der Waals surface area (Å²) in [7, 11) is 0. The molecule has 0 spiro atoms. The molecule has 1 aromatic carbocycles. The van der Waals surface area contributed by atoms with Crippen LogP contribution in [0, 0.1) is 11.7 Å². The lowest BCUT2D eigenvalue weighted by molar-refractivity contribution is 0.0702. The quantitative estimate of drug-likeness (QED) is 0.686. The first-order valence-electron chi connectivity index (χ1n) is 9.64. The highest BCUT2D eigenvalue weighted by molar-refractivity contribution is 7.71. The van der Waals surface area contributed by atoms with E-state index in [4.69, 9.17) is 12.2 Å². The number of carbonyl (C=O) groups excluding carboxylic acids is 1. The first kappa shape index (κ1) is 18.6.